The van der Waals surface area contributed by atoms with Gasteiger partial charge >= 0.3 is 0 Å². The average molecular weight is 257 g/mol. The van der Waals surface area contributed by atoms with Crippen molar-refractivity contribution in [3.63, 3.8) is 0 Å². The minimum atomic E-state index is 0.493. The molecule has 0 amide bonds. The van der Waals surface area contributed by atoms with Gasteiger partial charge in [0.25, 0.3) is 0 Å². The molecule has 0 bridgehead atoms. The normalized spacial score (nSPS) is 10.3. The molecule has 1 rings (SSSR count). The monoisotopic (exact) mass is 256 g/mol. The van der Waals surface area contributed by atoms with Gasteiger partial charge in [-0.3, -0.25) is 0 Å². The van der Waals surface area contributed by atoms with E-state index in [0.717, 1.165) is 30.1 Å². The molecular formula is C14H21ClO2. The quantitative estimate of drug-likeness (QED) is 0.507. The summed E-state index contributed by atoms with van der Waals surface area (Å²) in [6, 6.07) is 5.82. The van der Waals surface area contributed by atoms with Gasteiger partial charge in [0.1, 0.15) is 0 Å². The maximum atomic E-state index is 5.77. The van der Waals surface area contributed by atoms with Crippen LogP contribution in [-0.4, -0.2) is 13.7 Å². The van der Waals surface area contributed by atoms with Crippen LogP contribution in [0.1, 0.15) is 38.2 Å². The molecule has 0 N–H and O–H groups in total. The lowest BCUT2D eigenvalue weighted by Crippen LogP contribution is -1.99. The Kier molecular flexibility index (Phi) is 6.87. The lowest BCUT2D eigenvalue weighted by atomic mass is 10.2. The summed E-state index contributed by atoms with van der Waals surface area (Å²) in [7, 11) is 1.65. The van der Waals surface area contributed by atoms with Crippen LogP contribution in [0.3, 0.4) is 0 Å². The number of benzene rings is 1. The van der Waals surface area contributed by atoms with Gasteiger partial charge in [-0.25, -0.2) is 0 Å². The van der Waals surface area contributed by atoms with Crippen molar-refractivity contribution in [2.45, 2.75) is 38.5 Å². The molecule has 1 aromatic rings. The molecule has 0 saturated heterocycles. The van der Waals surface area contributed by atoms with Gasteiger partial charge in [-0.2, -0.15) is 0 Å². The molecule has 0 saturated carbocycles. The number of hydrogen-bond acceptors (Lipinski definition) is 2. The molecule has 0 heterocycles. The first-order chi connectivity index (χ1) is 8.31. The maximum Gasteiger partial charge on any atom is 0.161 e. The van der Waals surface area contributed by atoms with E-state index in [9.17, 15) is 0 Å². The molecule has 0 aliphatic heterocycles. The van der Waals surface area contributed by atoms with Gasteiger partial charge in [0, 0.05) is 5.88 Å². The Morgan fingerprint density at radius 1 is 1.12 bits per heavy atom. The number of alkyl halides is 1. The minimum absolute atomic E-state index is 0.493. The second-order valence-corrected chi connectivity index (χ2v) is 4.30. The third-order valence-corrected chi connectivity index (χ3v) is 2.95. The van der Waals surface area contributed by atoms with E-state index in [0.29, 0.717) is 5.88 Å². The van der Waals surface area contributed by atoms with E-state index in [1.165, 1.54) is 19.3 Å². The van der Waals surface area contributed by atoms with Crippen LogP contribution in [0.15, 0.2) is 18.2 Å². The molecule has 17 heavy (non-hydrogen) atoms. The summed E-state index contributed by atoms with van der Waals surface area (Å²) in [6.45, 7) is 2.95. The number of methoxy groups -OCH3 is 1. The topological polar surface area (TPSA) is 18.5 Å². The van der Waals surface area contributed by atoms with E-state index in [1.54, 1.807) is 7.11 Å². The maximum absolute atomic E-state index is 5.77. The molecule has 2 nitrogen and oxygen atoms in total. The van der Waals surface area contributed by atoms with E-state index in [2.05, 4.69) is 6.92 Å². The Balaban J connectivity index is 2.46. The molecule has 0 unspecified atom stereocenters. The van der Waals surface area contributed by atoms with Gasteiger partial charge in [-0.1, -0.05) is 32.3 Å². The highest BCUT2D eigenvalue weighted by Gasteiger charge is 2.05. The summed E-state index contributed by atoms with van der Waals surface area (Å²) in [6.07, 6.45) is 4.83. The number of halogens is 1. The molecule has 0 spiro atoms. The fourth-order valence-electron chi connectivity index (χ4n) is 1.63. The average Bonchev–Trinajstić information content (AvgIpc) is 2.38. The smallest absolute Gasteiger partial charge is 0.161 e. The number of rotatable bonds is 8. The molecule has 3 heteroatoms. The van der Waals surface area contributed by atoms with E-state index in [1.807, 2.05) is 18.2 Å². The molecule has 0 atom stereocenters. The van der Waals surface area contributed by atoms with Crippen LogP contribution in [0.25, 0.3) is 0 Å². The van der Waals surface area contributed by atoms with Gasteiger partial charge in [0.2, 0.25) is 0 Å². The van der Waals surface area contributed by atoms with E-state index >= 15 is 0 Å². The molecule has 96 valence electrons. The third-order valence-electron chi connectivity index (χ3n) is 2.64. The molecule has 0 radical (unpaired) electrons. The molecule has 1 aromatic carbocycles. The second-order valence-electron chi connectivity index (χ2n) is 4.03. The Labute approximate surface area is 109 Å². The number of unbranched alkanes of at least 4 members (excludes halogenated alkanes) is 3. The largest absolute Gasteiger partial charge is 0.493 e. The van der Waals surface area contributed by atoms with Gasteiger partial charge in [0.05, 0.1) is 13.7 Å². The summed E-state index contributed by atoms with van der Waals surface area (Å²) in [4.78, 5) is 0. The summed E-state index contributed by atoms with van der Waals surface area (Å²) < 4.78 is 11.0. The van der Waals surface area contributed by atoms with Crippen LogP contribution < -0.4 is 9.47 Å². The van der Waals surface area contributed by atoms with Gasteiger partial charge in [-0.15, -0.1) is 11.6 Å². The lowest BCUT2D eigenvalue weighted by Gasteiger charge is -2.11. The summed E-state index contributed by atoms with van der Waals surface area (Å²) in [5.74, 6) is 2.06. The Morgan fingerprint density at radius 2 is 1.94 bits per heavy atom. The highest BCUT2D eigenvalue weighted by molar-refractivity contribution is 6.17. The van der Waals surface area contributed by atoms with Crippen LogP contribution in [-0.2, 0) is 5.88 Å². The highest BCUT2D eigenvalue weighted by atomic mass is 35.5. The van der Waals surface area contributed by atoms with Crippen molar-refractivity contribution < 1.29 is 9.47 Å². The lowest BCUT2D eigenvalue weighted by molar-refractivity contribution is 0.285. The highest BCUT2D eigenvalue weighted by Crippen LogP contribution is 2.28. The Morgan fingerprint density at radius 3 is 2.59 bits per heavy atom. The summed E-state index contributed by atoms with van der Waals surface area (Å²) >= 11 is 5.77. The summed E-state index contributed by atoms with van der Waals surface area (Å²) in [5, 5.41) is 0. The van der Waals surface area contributed by atoms with E-state index in [4.69, 9.17) is 21.1 Å². The Bertz CT molecular complexity index is 326. The van der Waals surface area contributed by atoms with Crippen molar-refractivity contribution in [3.05, 3.63) is 23.8 Å². The van der Waals surface area contributed by atoms with Gasteiger partial charge in [-0.05, 0) is 24.1 Å². The van der Waals surface area contributed by atoms with E-state index in [-0.39, 0.29) is 0 Å². The SMILES string of the molecule is CCCCCCOc1ccc(CCl)cc1OC. The molecule has 0 fully saturated rings. The number of ether oxygens (including phenoxy) is 2. The van der Waals surface area contributed by atoms with Crippen molar-refractivity contribution in [1.29, 1.82) is 0 Å². The van der Waals surface area contributed by atoms with Crippen LogP contribution >= 0.6 is 11.6 Å². The first-order valence-corrected chi connectivity index (χ1v) is 6.71. The fraction of sp³-hybridized carbons (Fsp3) is 0.571. The van der Waals surface area contributed by atoms with Crippen LogP contribution in [0.4, 0.5) is 0 Å². The number of hydrogen-bond donors (Lipinski definition) is 0. The molecule has 0 aliphatic rings. The van der Waals surface area contributed by atoms with Crippen molar-refractivity contribution in [2.24, 2.45) is 0 Å². The fourth-order valence-corrected chi connectivity index (χ4v) is 1.79. The van der Waals surface area contributed by atoms with Gasteiger partial charge in [0.15, 0.2) is 11.5 Å². The van der Waals surface area contributed by atoms with Crippen molar-refractivity contribution >= 4 is 11.6 Å². The van der Waals surface area contributed by atoms with Crippen LogP contribution in [0.5, 0.6) is 11.5 Å². The molecule has 0 aromatic heterocycles. The standard InChI is InChI=1S/C14H21ClO2/c1-3-4-5-6-9-17-13-8-7-12(11-15)10-14(13)16-2/h7-8,10H,3-6,9,11H2,1-2H3. The predicted octanol–water partition coefficient (Wildman–Crippen LogP) is 4.39. The zero-order valence-electron chi connectivity index (χ0n) is 10.7. The summed E-state index contributed by atoms with van der Waals surface area (Å²) in [5.41, 5.74) is 1.04. The first kappa shape index (κ1) is 14.2. The molecular weight excluding hydrogens is 236 g/mol. The molecule has 0 aliphatic carbocycles. The first-order valence-electron chi connectivity index (χ1n) is 6.17. The second kappa shape index (κ2) is 8.24. The van der Waals surface area contributed by atoms with Crippen molar-refractivity contribution in [3.8, 4) is 11.5 Å². The predicted molar refractivity (Wildman–Crippen MR) is 72.2 cm³/mol. The van der Waals surface area contributed by atoms with Crippen LogP contribution in [0, 0.1) is 0 Å². The van der Waals surface area contributed by atoms with E-state index < -0.39 is 0 Å². The van der Waals surface area contributed by atoms with Crippen molar-refractivity contribution in [1.82, 2.24) is 0 Å². The zero-order chi connectivity index (χ0) is 12.5. The minimum Gasteiger partial charge on any atom is -0.493 e. The zero-order valence-corrected chi connectivity index (χ0v) is 11.4. The third kappa shape index (κ3) is 4.86. The Hall–Kier alpha value is -0.890. The van der Waals surface area contributed by atoms with Crippen LogP contribution in [0.2, 0.25) is 0 Å². The van der Waals surface area contributed by atoms with Gasteiger partial charge < -0.3 is 9.47 Å². The van der Waals surface area contributed by atoms with Crippen molar-refractivity contribution in [2.75, 3.05) is 13.7 Å².